The number of imidazole rings is 1. The van der Waals surface area contributed by atoms with E-state index < -0.39 is 0 Å². The Kier molecular flexibility index (Phi) is 6.66. The number of hydrogen-bond donors (Lipinski definition) is 1. The smallest absolute Gasteiger partial charge is 0.253 e. The zero-order chi connectivity index (χ0) is 28.1. The molecule has 41 heavy (non-hydrogen) atoms. The third-order valence-corrected chi connectivity index (χ3v) is 9.72. The number of rotatable bonds is 8. The monoisotopic (exact) mass is 604 g/mol. The van der Waals surface area contributed by atoms with E-state index in [4.69, 9.17) is 19.4 Å². The molecule has 0 spiro atoms. The molecular formula is C28H24N6O4S3. The van der Waals surface area contributed by atoms with E-state index in [1.807, 2.05) is 54.9 Å². The summed E-state index contributed by atoms with van der Waals surface area (Å²) >= 11 is 4.59. The average molecular weight is 605 g/mol. The molecule has 13 heteroatoms. The zero-order valence-corrected chi connectivity index (χ0v) is 24.6. The Morgan fingerprint density at radius 3 is 2.68 bits per heavy atom. The highest BCUT2D eigenvalue weighted by atomic mass is 32.1. The van der Waals surface area contributed by atoms with Gasteiger partial charge in [-0.15, -0.1) is 22.7 Å². The van der Waals surface area contributed by atoms with Crippen molar-refractivity contribution in [1.29, 1.82) is 0 Å². The number of aliphatic hydroxyl groups is 1. The minimum Gasteiger partial charge on any atom is -0.497 e. The molecule has 1 N–H and O–H groups in total. The average Bonchev–Trinajstić information content (AvgIpc) is 3.74. The number of thiazole rings is 2. The zero-order valence-electron chi connectivity index (χ0n) is 22.1. The number of ether oxygens (including phenoxy) is 2. The van der Waals surface area contributed by atoms with Crippen LogP contribution in [0.1, 0.15) is 21.1 Å². The Labute approximate surface area is 246 Å². The summed E-state index contributed by atoms with van der Waals surface area (Å²) in [5, 5.41) is 18.2. The van der Waals surface area contributed by atoms with Crippen molar-refractivity contribution in [2.45, 2.75) is 13.5 Å². The molecule has 7 rings (SSSR count). The first-order valence-corrected chi connectivity index (χ1v) is 15.4. The van der Waals surface area contributed by atoms with Crippen molar-refractivity contribution >= 4 is 55.1 Å². The lowest BCUT2D eigenvalue weighted by Crippen LogP contribution is -2.51. The standard InChI is InChI=1S/C28H24N6O4S3/c1-15-32-34-11-22(31-28(34)40-15)26-30-21-7-20(37-2)8-23(24(21)41-26)38-13-19-14-39-25(29-19)17-3-5-18(6-4-17)27(36)33-9-16(10-33)12-35/h3-8,11,14,16,35H,9-10,12-13H2,1-2H3. The molecule has 208 valence electrons. The fourth-order valence-electron chi connectivity index (χ4n) is 4.66. The number of aromatic nitrogens is 5. The number of fused-ring (bicyclic) bond motifs is 2. The molecule has 0 saturated carbocycles. The summed E-state index contributed by atoms with van der Waals surface area (Å²) in [5.74, 6) is 1.51. The van der Waals surface area contributed by atoms with Crippen molar-refractivity contribution < 1.29 is 19.4 Å². The number of carbonyl (C=O) groups excluding carboxylic acids is 1. The molecule has 0 aliphatic carbocycles. The first-order valence-electron chi connectivity index (χ1n) is 12.9. The first kappa shape index (κ1) is 26.0. The second-order valence-corrected chi connectivity index (χ2v) is 12.8. The van der Waals surface area contributed by atoms with Crippen LogP contribution in [0.5, 0.6) is 11.5 Å². The largest absolute Gasteiger partial charge is 0.497 e. The van der Waals surface area contributed by atoms with Gasteiger partial charge in [-0.25, -0.2) is 19.5 Å². The van der Waals surface area contributed by atoms with Gasteiger partial charge >= 0.3 is 0 Å². The minimum absolute atomic E-state index is 0.00944. The van der Waals surface area contributed by atoms with E-state index >= 15 is 0 Å². The van der Waals surface area contributed by atoms with Crippen LogP contribution in [0.15, 0.2) is 48.0 Å². The summed E-state index contributed by atoms with van der Waals surface area (Å²) in [7, 11) is 1.62. The number of aliphatic hydroxyl groups excluding tert-OH is 1. The molecule has 0 radical (unpaired) electrons. The second-order valence-electron chi connectivity index (χ2n) is 9.74. The van der Waals surface area contributed by atoms with Crippen molar-refractivity contribution in [3.63, 3.8) is 0 Å². The van der Waals surface area contributed by atoms with Crippen LogP contribution in [-0.4, -0.2) is 67.3 Å². The Hall–Kier alpha value is -3.91. The summed E-state index contributed by atoms with van der Waals surface area (Å²) in [6.07, 6.45) is 1.89. The fraction of sp³-hybridized carbons (Fsp3) is 0.250. The lowest BCUT2D eigenvalue weighted by atomic mass is 10.00. The number of amides is 1. The third-order valence-electron chi connectivity index (χ3n) is 6.84. The van der Waals surface area contributed by atoms with Gasteiger partial charge in [-0.05, 0) is 19.1 Å². The van der Waals surface area contributed by atoms with Gasteiger partial charge in [-0.1, -0.05) is 23.5 Å². The summed E-state index contributed by atoms with van der Waals surface area (Å²) in [5.41, 5.74) is 3.93. The van der Waals surface area contributed by atoms with Crippen molar-refractivity contribution in [2.75, 3.05) is 26.8 Å². The number of carbonyl (C=O) groups is 1. The summed E-state index contributed by atoms with van der Waals surface area (Å²) in [6, 6.07) is 11.3. The van der Waals surface area contributed by atoms with Crippen LogP contribution in [0.3, 0.4) is 0 Å². The molecule has 1 amide bonds. The Morgan fingerprint density at radius 2 is 1.93 bits per heavy atom. The lowest BCUT2D eigenvalue weighted by molar-refractivity contribution is 0.0362. The van der Waals surface area contributed by atoms with E-state index in [9.17, 15) is 9.90 Å². The molecule has 1 aliphatic rings. The van der Waals surface area contributed by atoms with Gasteiger partial charge < -0.3 is 19.5 Å². The Bertz CT molecular complexity index is 1850. The second kappa shape index (κ2) is 10.5. The van der Waals surface area contributed by atoms with Gasteiger partial charge in [-0.3, -0.25) is 4.79 Å². The predicted molar refractivity (Wildman–Crippen MR) is 159 cm³/mol. The minimum atomic E-state index is -0.00944. The lowest BCUT2D eigenvalue weighted by Gasteiger charge is -2.38. The molecule has 1 saturated heterocycles. The van der Waals surface area contributed by atoms with Crippen molar-refractivity contribution in [1.82, 2.24) is 29.5 Å². The molecule has 4 aromatic heterocycles. The quantitative estimate of drug-likeness (QED) is 0.254. The predicted octanol–water partition coefficient (Wildman–Crippen LogP) is 5.15. The topological polar surface area (TPSA) is 115 Å². The van der Waals surface area contributed by atoms with Crippen molar-refractivity contribution in [3.8, 4) is 32.8 Å². The summed E-state index contributed by atoms with van der Waals surface area (Å²) < 4.78 is 14.4. The van der Waals surface area contributed by atoms with E-state index in [0.717, 1.165) is 47.2 Å². The van der Waals surface area contributed by atoms with E-state index in [2.05, 4.69) is 10.1 Å². The molecule has 2 aromatic carbocycles. The van der Waals surface area contributed by atoms with Crippen LogP contribution in [0.2, 0.25) is 0 Å². The molecule has 1 fully saturated rings. The van der Waals surface area contributed by atoms with Gasteiger partial charge in [0.15, 0.2) is 0 Å². The highest BCUT2D eigenvalue weighted by Gasteiger charge is 2.30. The summed E-state index contributed by atoms with van der Waals surface area (Å²) in [6.45, 7) is 3.57. The fourth-order valence-corrected chi connectivity index (χ4v) is 7.16. The molecule has 6 aromatic rings. The molecule has 0 bridgehead atoms. The highest BCUT2D eigenvalue weighted by molar-refractivity contribution is 7.22. The van der Waals surface area contributed by atoms with Crippen LogP contribution >= 0.6 is 34.0 Å². The van der Waals surface area contributed by atoms with Crippen LogP contribution in [-0.2, 0) is 6.61 Å². The van der Waals surface area contributed by atoms with E-state index in [0.29, 0.717) is 30.2 Å². The molecule has 0 unspecified atom stereocenters. The van der Waals surface area contributed by atoms with E-state index in [1.54, 1.807) is 16.5 Å². The number of benzene rings is 2. The number of hydrogen-bond acceptors (Lipinski definition) is 11. The number of methoxy groups -OCH3 is 1. The van der Waals surface area contributed by atoms with Gasteiger partial charge in [0, 0.05) is 54.3 Å². The van der Waals surface area contributed by atoms with E-state index in [-0.39, 0.29) is 25.0 Å². The molecule has 10 nitrogen and oxygen atoms in total. The Balaban J connectivity index is 1.07. The van der Waals surface area contributed by atoms with Crippen LogP contribution in [0.25, 0.3) is 36.5 Å². The highest BCUT2D eigenvalue weighted by Crippen LogP contribution is 2.39. The van der Waals surface area contributed by atoms with Gasteiger partial charge in [0.2, 0.25) is 4.96 Å². The third kappa shape index (κ3) is 4.95. The van der Waals surface area contributed by atoms with Crippen LogP contribution < -0.4 is 9.47 Å². The number of aryl methyl sites for hydroxylation is 1. The maximum atomic E-state index is 12.6. The van der Waals surface area contributed by atoms with Crippen molar-refractivity contribution in [3.05, 3.63) is 64.2 Å². The van der Waals surface area contributed by atoms with Gasteiger partial charge in [0.25, 0.3) is 5.91 Å². The van der Waals surface area contributed by atoms with Crippen molar-refractivity contribution in [2.24, 2.45) is 5.92 Å². The molecule has 1 aliphatic heterocycles. The first-order chi connectivity index (χ1) is 20.0. The van der Waals surface area contributed by atoms with E-state index in [1.165, 1.54) is 34.0 Å². The number of likely N-dealkylation sites (tertiary alicyclic amines) is 1. The normalized spacial score (nSPS) is 13.7. The van der Waals surface area contributed by atoms with Crippen LogP contribution in [0, 0.1) is 12.8 Å². The number of nitrogens with zero attached hydrogens (tertiary/aromatic N) is 6. The van der Waals surface area contributed by atoms with Gasteiger partial charge in [-0.2, -0.15) is 5.10 Å². The molecular weight excluding hydrogens is 581 g/mol. The van der Waals surface area contributed by atoms with Gasteiger partial charge in [0.1, 0.15) is 38.8 Å². The molecule has 0 atom stereocenters. The summed E-state index contributed by atoms with van der Waals surface area (Å²) in [4.78, 5) is 29.5. The molecule has 5 heterocycles. The Morgan fingerprint density at radius 1 is 1.10 bits per heavy atom. The van der Waals surface area contributed by atoms with Crippen LogP contribution in [0.4, 0.5) is 0 Å². The SMILES string of the molecule is COc1cc(OCc2csc(-c3ccc(C(=O)N4CC(CO)C4)cc3)n2)c2sc(-c3cn4nc(C)sc4n3)nc2c1. The van der Waals surface area contributed by atoms with Gasteiger partial charge in [0.05, 0.1) is 29.2 Å². The maximum absolute atomic E-state index is 12.6. The maximum Gasteiger partial charge on any atom is 0.253 e.